The van der Waals surface area contributed by atoms with Gasteiger partial charge in [0.05, 0.1) is 26.4 Å². The van der Waals surface area contributed by atoms with Gasteiger partial charge in [0.15, 0.2) is 0 Å². The van der Waals surface area contributed by atoms with Crippen molar-refractivity contribution in [3.8, 4) is 0 Å². The molecule has 0 aromatic carbocycles. The molecular weight excluding hydrogens is 408 g/mol. The molecule has 0 amide bonds. The number of methoxy groups -OCH3 is 2. The molecule has 6 nitrogen and oxygen atoms in total. The van der Waals surface area contributed by atoms with Crippen LogP contribution in [0, 0.1) is 23.7 Å². The molecule has 0 spiro atoms. The van der Waals surface area contributed by atoms with Gasteiger partial charge in [0.1, 0.15) is 0 Å². The van der Waals surface area contributed by atoms with E-state index in [0.717, 1.165) is 64.6 Å². The fourth-order valence-corrected chi connectivity index (χ4v) is 5.75. The number of hydrogen-bond acceptors (Lipinski definition) is 6. The average molecular weight is 453 g/mol. The first-order chi connectivity index (χ1) is 15.6. The summed E-state index contributed by atoms with van der Waals surface area (Å²) in [4.78, 5) is 22.9. The predicted octanol–water partition coefficient (Wildman–Crippen LogP) is 5.07. The Balaban J connectivity index is 1.21. The van der Waals surface area contributed by atoms with Crippen LogP contribution in [0.15, 0.2) is 0 Å². The maximum Gasteiger partial charge on any atom is 0.305 e. The molecule has 6 heteroatoms. The lowest BCUT2D eigenvalue weighted by atomic mass is 9.82. The van der Waals surface area contributed by atoms with E-state index in [-0.39, 0.29) is 11.9 Å². The summed E-state index contributed by atoms with van der Waals surface area (Å²) in [6.07, 6.45) is 15.5. The first-order valence-corrected chi connectivity index (χ1v) is 12.9. The SMILES string of the molecule is COC(=O)CC1CCC(OCC2CCC(COC3CCC(CC(=O)OC)CC3)CC2)CC1. The standard InChI is InChI=1S/C26H44O6/c1-29-25(27)15-19-7-11-23(12-8-19)31-17-21-3-5-22(6-4-21)18-32-24-13-9-20(10-14-24)16-26(28)30-2/h19-24H,3-18H2,1-2H3. The molecule has 3 saturated carbocycles. The number of carbonyl (C=O) groups excluding carboxylic acids is 2. The highest BCUT2D eigenvalue weighted by atomic mass is 16.5. The third-order valence-electron chi connectivity index (χ3n) is 8.06. The molecule has 3 aliphatic rings. The van der Waals surface area contributed by atoms with Crippen molar-refractivity contribution in [1.82, 2.24) is 0 Å². The number of esters is 2. The van der Waals surface area contributed by atoms with Crippen molar-refractivity contribution in [2.24, 2.45) is 23.7 Å². The van der Waals surface area contributed by atoms with Crippen molar-refractivity contribution in [2.45, 2.75) is 102 Å². The summed E-state index contributed by atoms with van der Waals surface area (Å²) in [6, 6.07) is 0. The molecule has 0 atom stereocenters. The van der Waals surface area contributed by atoms with E-state index in [1.165, 1.54) is 39.9 Å². The first-order valence-electron chi connectivity index (χ1n) is 12.9. The van der Waals surface area contributed by atoms with E-state index in [2.05, 4.69) is 0 Å². The van der Waals surface area contributed by atoms with Gasteiger partial charge in [-0.1, -0.05) is 0 Å². The molecule has 0 radical (unpaired) electrons. The van der Waals surface area contributed by atoms with Gasteiger partial charge in [-0.25, -0.2) is 0 Å². The van der Waals surface area contributed by atoms with Crippen molar-refractivity contribution in [3.63, 3.8) is 0 Å². The van der Waals surface area contributed by atoms with Gasteiger partial charge in [0, 0.05) is 26.1 Å². The Labute approximate surface area is 194 Å². The molecule has 0 saturated heterocycles. The summed E-state index contributed by atoms with van der Waals surface area (Å²) in [5.41, 5.74) is 0. The van der Waals surface area contributed by atoms with Gasteiger partial charge in [-0.3, -0.25) is 9.59 Å². The van der Waals surface area contributed by atoms with Crippen molar-refractivity contribution in [3.05, 3.63) is 0 Å². The van der Waals surface area contributed by atoms with Crippen molar-refractivity contribution >= 4 is 11.9 Å². The number of hydrogen-bond donors (Lipinski definition) is 0. The third-order valence-corrected chi connectivity index (χ3v) is 8.06. The Morgan fingerprint density at radius 1 is 0.531 bits per heavy atom. The Morgan fingerprint density at radius 2 is 0.844 bits per heavy atom. The van der Waals surface area contributed by atoms with Crippen molar-refractivity contribution < 1.29 is 28.5 Å². The van der Waals surface area contributed by atoms with Gasteiger partial charge in [-0.15, -0.1) is 0 Å². The minimum atomic E-state index is -0.0821. The number of carbonyl (C=O) groups is 2. The highest BCUT2D eigenvalue weighted by Gasteiger charge is 2.28. The van der Waals surface area contributed by atoms with E-state index in [4.69, 9.17) is 18.9 Å². The van der Waals surface area contributed by atoms with Crippen LogP contribution in [-0.4, -0.2) is 51.6 Å². The van der Waals surface area contributed by atoms with Gasteiger partial charge in [-0.05, 0) is 101 Å². The highest BCUT2D eigenvalue weighted by Crippen LogP contribution is 2.34. The maximum atomic E-state index is 11.4. The van der Waals surface area contributed by atoms with Crippen LogP contribution in [0.3, 0.4) is 0 Å². The fourth-order valence-electron chi connectivity index (χ4n) is 5.75. The van der Waals surface area contributed by atoms with Gasteiger partial charge in [0.25, 0.3) is 0 Å². The summed E-state index contributed by atoms with van der Waals surface area (Å²) in [7, 11) is 2.94. The van der Waals surface area contributed by atoms with E-state index < -0.39 is 0 Å². The lowest BCUT2D eigenvalue weighted by molar-refractivity contribution is -0.143. The molecule has 3 rings (SSSR count). The van der Waals surface area contributed by atoms with Crippen LogP contribution < -0.4 is 0 Å². The van der Waals surface area contributed by atoms with E-state index in [9.17, 15) is 9.59 Å². The lowest BCUT2D eigenvalue weighted by Crippen LogP contribution is -2.29. The Bertz CT molecular complexity index is 505. The minimum absolute atomic E-state index is 0.0821. The Hall–Kier alpha value is -1.14. The molecule has 32 heavy (non-hydrogen) atoms. The molecule has 3 aliphatic carbocycles. The van der Waals surface area contributed by atoms with Crippen LogP contribution in [-0.2, 0) is 28.5 Å². The van der Waals surface area contributed by atoms with E-state index in [1.807, 2.05) is 0 Å². The second kappa shape index (κ2) is 13.5. The minimum Gasteiger partial charge on any atom is -0.469 e. The van der Waals surface area contributed by atoms with Crippen LogP contribution in [0.25, 0.3) is 0 Å². The molecule has 0 aromatic rings. The molecule has 0 aliphatic heterocycles. The van der Waals surface area contributed by atoms with Crippen LogP contribution in [0.5, 0.6) is 0 Å². The predicted molar refractivity (Wildman–Crippen MR) is 122 cm³/mol. The maximum absolute atomic E-state index is 11.4. The first kappa shape index (κ1) is 25.5. The molecular formula is C26H44O6. The van der Waals surface area contributed by atoms with E-state index >= 15 is 0 Å². The van der Waals surface area contributed by atoms with Gasteiger partial charge >= 0.3 is 11.9 Å². The number of ether oxygens (including phenoxy) is 4. The molecule has 0 heterocycles. The topological polar surface area (TPSA) is 71.1 Å². The monoisotopic (exact) mass is 452 g/mol. The highest BCUT2D eigenvalue weighted by molar-refractivity contribution is 5.69. The summed E-state index contributed by atoms with van der Waals surface area (Å²) in [5, 5.41) is 0. The molecule has 0 aromatic heterocycles. The molecule has 0 N–H and O–H groups in total. The van der Waals surface area contributed by atoms with Crippen molar-refractivity contribution in [1.29, 1.82) is 0 Å². The molecule has 184 valence electrons. The zero-order chi connectivity index (χ0) is 22.8. The quantitative estimate of drug-likeness (QED) is 0.431. The number of rotatable bonds is 10. The molecule has 0 bridgehead atoms. The molecule has 3 fully saturated rings. The second-order valence-corrected chi connectivity index (χ2v) is 10.4. The van der Waals surface area contributed by atoms with E-state index in [1.54, 1.807) is 0 Å². The third kappa shape index (κ3) is 8.66. The van der Waals surface area contributed by atoms with Crippen LogP contribution in [0.4, 0.5) is 0 Å². The zero-order valence-electron chi connectivity index (χ0n) is 20.2. The fraction of sp³-hybridized carbons (Fsp3) is 0.923. The van der Waals surface area contributed by atoms with Gasteiger partial charge in [0.2, 0.25) is 0 Å². The Kier molecular flexibility index (Phi) is 10.8. The zero-order valence-corrected chi connectivity index (χ0v) is 20.2. The molecule has 0 unspecified atom stereocenters. The summed E-state index contributed by atoms with van der Waals surface area (Å²) < 4.78 is 22.1. The lowest BCUT2D eigenvalue weighted by Gasteiger charge is -2.33. The van der Waals surface area contributed by atoms with Gasteiger partial charge < -0.3 is 18.9 Å². The smallest absolute Gasteiger partial charge is 0.305 e. The van der Waals surface area contributed by atoms with Crippen LogP contribution >= 0.6 is 0 Å². The largest absolute Gasteiger partial charge is 0.469 e. The van der Waals surface area contributed by atoms with Crippen LogP contribution in [0.2, 0.25) is 0 Å². The Morgan fingerprint density at radius 3 is 1.16 bits per heavy atom. The van der Waals surface area contributed by atoms with Crippen LogP contribution in [0.1, 0.15) is 89.9 Å². The average Bonchev–Trinajstić information content (AvgIpc) is 2.83. The van der Waals surface area contributed by atoms with Crippen molar-refractivity contribution in [2.75, 3.05) is 27.4 Å². The summed E-state index contributed by atoms with van der Waals surface area (Å²) in [6.45, 7) is 1.79. The van der Waals surface area contributed by atoms with E-state index in [0.29, 0.717) is 48.7 Å². The summed E-state index contributed by atoms with van der Waals surface area (Å²) in [5.74, 6) is 2.16. The second-order valence-electron chi connectivity index (χ2n) is 10.4. The van der Waals surface area contributed by atoms with Gasteiger partial charge in [-0.2, -0.15) is 0 Å². The summed E-state index contributed by atoms with van der Waals surface area (Å²) >= 11 is 0. The normalized spacial score (nSPS) is 33.4.